The summed E-state index contributed by atoms with van der Waals surface area (Å²) in [6, 6.07) is 12.4. The van der Waals surface area contributed by atoms with Gasteiger partial charge in [0.15, 0.2) is 6.04 Å². The van der Waals surface area contributed by atoms with Gasteiger partial charge in [-0.25, -0.2) is 9.18 Å². The molecule has 0 unspecified atom stereocenters. The summed E-state index contributed by atoms with van der Waals surface area (Å²) in [7, 11) is 0. The predicted octanol–water partition coefficient (Wildman–Crippen LogP) is 2.38. The third kappa shape index (κ3) is 3.00. The van der Waals surface area contributed by atoms with Gasteiger partial charge >= 0.3 is 5.97 Å². The maximum absolute atomic E-state index is 13.5. The molecule has 2 aromatic carbocycles. The summed E-state index contributed by atoms with van der Waals surface area (Å²) in [5.41, 5.74) is 0.236. The third-order valence-corrected chi connectivity index (χ3v) is 2.77. The fraction of sp³-hybridized carbons (Fsp3) is 0.0667. The van der Waals surface area contributed by atoms with Gasteiger partial charge in [-0.1, -0.05) is 42.5 Å². The van der Waals surface area contributed by atoms with Crippen LogP contribution >= 0.6 is 0 Å². The van der Waals surface area contributed by atoms with Gasteiger partial charge < -0.3 is 10.4 Å². The van der Waals surface area contributed by atoms with Crippen molar-refractivity contribution in [3.63, 3.8) is 0 Å². The van der Waals surface area contributed by atoms with Crippen molar-refractivity contribution in [3.05, 3.63) is 71.5 Å². The SMILES string of the molecule is O=C(N[C@@H](C(=O)O)c1ccccc1)c1ccccc1F. The van der Waals surface area contributed by atoms with Crippen LogP contribution in [0.4, 0.5) is 4.39 Å². The van der Waals surface area contributed by atoms with Crippen molar-refractivity contribution in [2.45, 2.75) is 6.04 Å². The highest BCUT2D eigenvalue weighted by atomic mass is 19.1. The summed E-state index contributed by atoms with van der Waals surface area (Å²) in [6.45, 7) is 0. The number of hydrogen-bond donors (Lipinski definition) is 2. The Bertz CT molecular complexity index is 628. The largest absolute Gasteiger partial charge is 0.479 e. The van der Waals surface area contributed by atoms with Crippen LogP contribution in [0.25, 0.3) is 0 Å². The third-order valence-electron chi connectivity index (χ3n) is 2.77. The van der Waals surface area contributed by atoms with Crippen LogP contribution in [0.1, 0.15) is 22.0 Å². The smallest absolute Gasteiger partial charge is 0.330 e. The molecule has 4 nitrogen and oxygen atoms in total. The van der Waals surface area contributed by atoms with Gasteiger partial charge in [0.05, 0.1) is 5.56 Å². The minimum atomic E-state index is -1.22. The summed E-state index contributed by atoms with van der Waals surface area (Å²) in [6.07, 6.45) is 0. The average Bonchev–Trinajstić information content (AvgIpc) is 2.45. The summed E-state index contributed by atoms with van der Waals surface area (Å²) in [5, 5.41) is 11.5. The van der Waals surface area contributed by atoms with E-state index >= 15 is 0 Å². The first-order chi connectivity index (χ1) is 9.59. The molecule has 0 radical (unpaired) electrons. The van der Waals surface area contributed by atoms with Crippen LogP contribution in [0.5, 0.6) is 0 Å². The highest BCUT2D eigenvalue weighted by Crippen LogP contribution is 2.14. The number of nitrogens with one attached hydrogen (secondary N) is 1. The zero-order valence-corrected chi connectivity index (χ0v) is 10.4. The lowest BCUT2D eigenvalue weighted by Crippen LogP contribution is -2.34. The molecule has 1 amide bonds. The van der Waals surface area contributed by atoms with E-state index in [1.54, 1.807) is 30.3 Å². The molecule has 0 heterocycles. The monoisotopic (exact) mass is 273 g/mol. The van der Waals surface area contributed by atoms with Gasteiger partial charge in [0, 0.05) is 0 Å². The number of carbonyl (C=O) groups is 2. The number of amides is 1. The van der Waals surface area contributed by atoms with Gasteiger partial charge in [0.2, 0.25) is 0 Å². The van der Waals surface area contributed by atoms with Crippen LogP contribution in [-0.4, -0.2) is 17.0 Å². The standard InChI is InChI=1S/C15H12FNO3/c16-12-9-5-4-8-11(12)14(18)17-13(15(19)20)10-6-2-1-3-7-10/h1-9,13H,(H,17,18)(H,19,20)/t13-/m1/s1. The van der Waals surface area contributed by atoms with Gasteiger partial charge in [0.1, 0.15) is 5.82 Å². The zero-order valence-electron chi connectivity index (χ0n) is 10.4. The van der Waals surface area contributed by atoms with Crippen LogP contribution < -0.4 is 5.32 Å². The second-order valence-electron chi connectivity index (χ2n) is 4.14. The van der Waals surface area contributed by atoms with E-state index in [9.17, 15) is 19.1 Å². The van der Waals surface area contributed by atoms with E-state index in [0.717, 1.165) is 6.07 Å². The summed E-state index contributed by atoms with van der Waals surface area (Å²) in [5.74, 6) is -2.66. The fourth-order valence-corrected chi connectivity index (χ4v) is 1.79. The van der Waals surface area contributed by atoms with Crippen LogP contribution in [0.15, 0.2) is 54.6 Å². The van der Waals surface area contributed by atoms with Crippen LogP contribution in [0, 0.1) is 5.82 Å². The number of carboxylic acid groups (broad SMARTS) is 1. The molecular weight excluding hydrogens is 261 g/mol. The molecular formula is C15H12FNO3. The van der Waals surface area contributed by atoms with E-state index in [1.807, 2.05) is 0 Å². The molecule has 0 bridgehead atoms. The Labute approximate surface area is 114 Å². The second-order valence-corrected chi connectivity index (χ2v) is 4.14. The predicted molar refractivity (Wildman–Crippen MR) is 70.7 cm³/mol. The maximum atomic E-state index is 13.5. The molecule has 0 aliphatic heterocycles. The molecule has 2 N–H and O–H groups in total. The molecule has 0 aliphatic rings. The summed E-state index contributed by atoms with van der Waals surface area (Å²) >= 11 is 0. The number of carbonyl (C=O) groups excluding carboxylic acids is 1. The fourth-order valence-electron chi connectivity index (χ4n) is 1.79. The van der Waals surface area contributed by atoms with E-state index in [4.69, 9.17) is 0 Å². The lowest BCUT2D eigenvalue weighted by atomic mass is 10.1. The number of aliphatic carboxylic acids is 1. The minimum absolute atomic E-state index is 0.185. The molecule has 102 valence electrons. The first-order valence-electron chi connectivity index (χ1n) is 5.92. The van der Waals surface area contributed by atoms with Gasteiger partial charge in [-0.3, -0.25) is 4.79 Å². The highest BCUT2D eigenvalue weighted by molar-refractivity contribution is 5.97. The van der Waals surface area contributed by atoms with Crippen molar-refractivity contribution in [2.24, 2.45) is 0 Å². The normalized spacial score (nSPS) is 11.7. The van der Waals surface area contributed by atoms with E-state index in [0.29, 0.717) is 5.56 Å². The Morgan fingerprint density at radius 2 is 1.60 bits per heavy atom. The Balaban J connectivity index is 2.24. The Kier molecular flexibility index (Phi) is 4.10. The van der Waals surface area contributed by atoms with E-state index in [1.165, 1.54) is 18.2 Å². The van der Waals surface area contributed by atoms with Gasteiger partial charge in [-0.15, -0.1) is 0 Å². The topological polar surface area (TPSA) is 66.4 Å². The molecule has 2 aromatic rings. The van der Waals surface area contributed by atoms with Gasteiger partial charge in [-0.2, -0.15) is 0 Å². The number of halogens is 1. The molecule has 0 fully saturated rings. The number of rotatable bonds is 4. The molecule has 5 heteroatoms. The van der Waals surface area contributed by atoms with E-state index < -0.39 is 23.7 Å². The molecule has 0 aromatic heterocycles. The first-order valence-corrected chi connectivity index (χ1v) is 5.92. The molecule has 0 spiro atoms. The summed E-state index contributed by atoms with van der Waals surface area (Å²) < 4.78 is 13.5. The van der Waals surface area contributed by atoms with E-state index in [-0.39, 0.29) is 5.56 Å². The molecule has 2 rings (SSSR count). The lowest BCUT2D eigenvalue weighted by Gasteiger charge is -2.15. The van der Waals surface area contributed by atoms with Crippen molar-refractivity contribution < 1.29 is 19.1 Å². The lowest BCUT2D eigenvalue weighted by molar-refractivity contribution is -0.139. The van der Waals surface area contributed by atoms with E-state index in [2.05, 4.69) is 5.32 Å². The molecule has 0 saturated carbocycles. The second kappa shape index (κ2) is 5.97. The average molecular weight is 273 g/mol. The quantitative estimate of drug-likeness (QED) is 0.898. The molecule has 0 saturated heterocycles. The summed E-state index contributed by atoms with van der Waals surface area (Å²) in [4.78, 5) is 23.2. The Morgan fingerprint density at radius 3 is 2.20 bits per heavy atom. The number of benzene rings is 2. The Hall–Kier alpha value is -2.69. The van der Waals surface area contributed by atoms with Crippen LogP contribution in [-0.2, 0) is 4.79 Å². The van der Waals surface area contributed by atoms with Gasteiger partial charge in [0.25, 0.3) is 5.91 Å². The van der Waals surface area contributed by atoms with Gasteiger partial charge in [-0.05, 0) is 17.7 Å². The van der Waals surface area contributed by atoms with Crippen molar-refractivity contribution in [2.75, 3.05) is 0 Å². The number of carboxylic acids is 1. The van der Waals surface area contributed by atoms with Crippen molar-refractivity contribution >= 4 is 11.9 Å². The Morgan fingerprint density at radius 1 is 1.00 bits per heavy atom. The molecule has 0 aliphatic carbocycles. The minimum Gasteiger partial charge on any atom is -0.479 e. The van der Waals surface area contributed by atoms with Crippen molar-refractivity contribution in [1.29, 1.82) is 0 Å². The van der Waals surface area contributed by atoms with Crippen LogP contribution in [0.3, 0.4) is 0 Å². The van der Waals surface area contributed by atoms with Crippen molar-refractivity contribution in [1.82, 2.24) is 5.32 Å². The van der Waals surface area contributed by atoms with Crippen LogP contribution in [0.2, 0.25) is 0 Å². The highest BCUT2D eigenvalue weighted by Gasteiger charge is 2.23. The maximum Gasteiger partial charge on any atom is 0.330 e. The molecule has 1 atom stereocenters. The zero-order chi connectivity index (χ0) is 14.5. The molecule has 20 heavy (non-hydrogen) atoms. The first kappa shape index (κ1) is 13.7. The number of hydrogen-bond acceptors (Lipinski definition) is 2. The van der Waals surface area contributed by atoms with Crippen molar-refractivity contribution in [3.8, 4) is 0 Å².